The van der Waals surface area contributed by atoms with E-state index in [0.717, 1.165) is 11.3 Å². The molecule has 8 nitrogen and oxygen atoms in total. The number of aromatic nitrogens is 2. The lowest BCUT2D eigenvalue weighted by molar-refractivity contribution is 0.0955. The molecule has 1 aromatic heterocycles. The minimum Gasteiger partial charge on any atom is -0.306 e. The molecule has 1 heterocycles. The minimum absolute atomic E-state index is 0.0193. The summed E-state index contributed by atoms with van der Waals surface area (Å²) in [5, 5.41) is 4.46. The molecular formula is C31H25ClFN5O3S. The lowest BCUT2D eigenvalue weighted by Gasteiger charge is -2.23. The van der Waals surface area contributed by atoms with Crippen LogP contribution < -0.4 is 5.43 Å². The Morgan fingerprint density at radius 1 is 0.905 bits per heavy atom. The van der Waals surface area contributed by atoms with Crippen LogP contribution in [0.1, 0.15) is 27.0 Å². The SMILES string of the molecule is O=C(N/N=C\c1ccc(-n2ccnc2)cc1)c1ccc(CN(Cc2ccc(F)cc2)S(=O)(=O)c2ccc(Cl)cc2)cc1. The first-order valence-electron chi connectivity index (χ1n) is 12.8. The van der Waals surface area contributed by atoms with E-state index in [1.807, 2.05) is 35.0 Å². The smallest absolute Gasteiger partial charge is 0.271 e. The van der Waals surface area contributed by atoms with Crippen LogP contribution >= 0.6 is 11.6 Å². The van der Waals surface area contributed by atoms with Crippen molar-refractivity contribution in [1.82, 2.24) is 19.3 Å². The molecule has 0 saturated carbocycles. The average Bonchev–Trinajstić information content (AvgIpc) is 3.54. The van der Waals surface area contributed by atoms with Crippen LogP contribution in [-0.2, 0) is 23.1 Å². The predicted molar refractivity (Wildman–Crippen MR) is 159 cm³/mol. The van der Waals surface area contributed by atoms with Crippen molar-refractivity contribution in [2.45, 2.75) is 18.0 Å². The topological polar surface area (TPSA) is 96.7 Å². The highest BCUT2D eigenvalue weighted by atomic mass is 35.5. The van der Waals surface area contributed by atoms with Gasteiger partial charge in [0.15, 0.2) is 0 Å². The van der Waals surface area contributed by atoms with Crippen LogP contribution in [0.25, 0.3) is 5.69 Å². The van der Waals surface area contributed by atoms with E-state index in [9.17, 15) is 17.6 Å². The minimum atomic E-state index is -3.93. The molecule has 0 spiro atoms. The first-order valence-corrected chi connectivity index (χ1v) is 14.6. The Morgan fingerprint density at radius 2 is 1.52 bits per heavy atom. The molecule has 11 heteroatoms. The summed E-state index contributed by atoms with van der Waals surface area (Å²) in [6.07, 6.45) is 6.79. The quantitative estimate of drug-likeness (QED) is 0.161. The number of nitrogens with zero attached hydrogens (tertiary/aromatic N) is 4. The van der Waals surface area contributed by atoms with Gasteiger partial charge in [-0.05, 0) is 77.4 Å². The van der Waals surface area contributed by atoms with Crippen molar-refractivity contribution in [3.05, 3.63) is 149 Å². The molecule has 1 N–H and O–H groups in total. The number of benzene rings is 4. The van der Waals surface area contributed by atoms with Crippen molar-refractivity contribution in [2.75, 3.05) is 0 Å². The summed E-state index contributed by atoms with van der Waals surface area (Å²) in [6, 6.07) is 25.7. The van der Waals surface area contributed by atoms with E-state index < -0.39 is 21.7 Å². The third-order valence-corrected chi connectivity index (χ3v) is 8.43. The number of carbonyl (C=O) groups is 1. The second kappa shape index (κ2) is 12.9. The fraction of sp³-hybridized carbons (Fsp3) is 0.0645. The zero-order valence-corrected chi connectivity index (χ0v) is 23.7. The average molecular weight is 602 g/mol. The van der Waals surface area contributed by atoms with Crippen molar-refractivity contribution >= 4 is 33.7 Å². The van der Waals surface area contributed by atoms with Gasteiger partial charge in [0, 0.05) is 41.8 Å². The highest BCUT2D eigenvalue weighted by Gasteiger charge is 2.25. The number of hydrogen-bond acceptors (Lipinski definition) is 5. The largest absolute Gasteiger partial charge is 0.306 e. The Hall–Kier alpha value is -4.64. The molecule has 5 rings (SSSR count). The van der Waals surface area contributed by atoms with Gasteiger partial charge in [0.2, 0.25) is 10.0 Å². The third kappa shape index (κ3) is 7.16. The second-order valence-corrected chi connectivity index (χ2v) is 11.7. The fourth-order valence-electron chi connectivity index (χ4n) is 4.11. The Morgan fingerprint density at radius 3 is 2.12 bits per heavy atom. The highest BCUT2D eigenvalue weighted by molar-refractivity contribution is 7.89. The van der Waals surface area contributed by atoms with Crippen molar-refractivity contribution in [1.29, 1.82) is 0 Å². The van der Waals surface area contributed by atoms with Crippen LogP contribution in [0.15, 0.2) is 126 Å². The second-order valence-electron chi connectivity index (χ2n) is 9.31. The van der Waals surface area contributed by atoms with Gasteiger partial charge in [-0.15, -0.1) is 0 Å². The number of sulfonamides is 1. The van der Waals surface area contributed by atoms with Crippen molar-refractivity contribution < 1.29 is 17.6 Å². The molecule has 0 radical (unpaired) electrons. The normalized spacial score (nSPS) is 11.7. The molecule has 0 fully saturated rings. The molecule has 0 aliphatic carbocycles. The van der Waals surface area contributed by atoms with E-state index in [2.05, 4.69) is 15.5 Å². The number of rotatable bonds is 10. The maximum absolute atomic E-state index is 13.5. The maximum atomic E-state index is 13.5. The van der Waals surface area contributed by atoms with Crippen LogP contribution in [0.4, 0.5) is 4.39 Å². The van der Waals surface area contributed by atoms with Gasteiger partial charge >= 0.3 is 0 Å². The number of halogens is 2. The lowest BCUT2D eigenvalue weighted by Crippen LogP contribution is -2.30. The monoisotopic (exact) mass is 601 g/mol. The van der Waals surface area contributed by atoms with E-state index in [1.165, 1.54) is 40.7 Å². The van der Waals surface area contributed by atoms with Crippen LogP contribution in [0, 0.1) is 5.82 Å². The molecular weight excluding hydrogens is 577 g/mol. The third-order valence-electron chi connectivity index (χ3n) is 6.37. The van der Waals surface area contributed by atoms with Crippen molar-refractivity contribution in [2.24, 2.45) is 5.10 Å². The standard InChI is InChI=1S/C31H25ClFN5O3S/c32-27-9-15-30(16-10-27)42(40,41)38(21-25-3-11-28(33)12-4-25)20-24-1-7-26(8-2-24)31(39)36-35-19-23-5-13-29(14-6-23)37-18-17-34-22-37/h1-19,22H,20-21H2,(H,36,39)/b35-19-. The zero-order chi connectivity index (χ0) is 29.5. The summed E-state index contributed by atoms with van der Waals surface area (Å²) >= 11 is 5.95. The molecule has 0 unspecified atom stereocenters. The summed E-state index contributed by atoms with van der Waals surface area (Å²) in [7, 11) is -3.93. The molecule has 0 aliphatic heterocycles. The number of nitrogens with one attached hydrogen (secondary N) is 1. The van der Waals surface area contributed by atoms with E-state index in [-0.39, 0.29) is 18.0 Å². The predicted octanol–water partition coefficient (Wildman–Crippen LogP) is 5.82. The number of carbonyl (C=O) groups excluding carboxylic acids is 1. The van der Waals surface area contributed by atoms with Gasteiger partial charge in [0.1, 0.15) is 5.82 Å². The van der Waals surface area contributed by atoms with E-state index in [0.29, 0.717) is 21.7 Å². The van der Waals surface area contributed by atoms with Crippen molar-refractivity contribution in [3.8, 4) is 5.69 Å². The van der Waals surface area contributed by atoms with Gasteiger partial charge in [-0.3, -0.25) is 4.79 Å². The van der Waals surface area contributed by atoms with Gasteiger partial charge in [-0.2, -0.15) is 9.41 Å². The summed E-state index contributed by atoms with van der Waals surface area (Å²) < 4.78 is 43.7. The molecule has 1 amide bonds. The van der Waals surface area contributed by atoms with Gasteiger partial charge in [0.25, 0.3) is 5.91 Å². The van der Waals surface area contributed by atoms with Crippen molar-refractivity contribution in [3.63, 3.8) is 0 Å². The molecule has 5 aromatic rings. The van der Waals surface area contributed by atoms with E-state index in [1.54, 1.807) is 55.1 Å². The fourth-order valence-corrected chi connectivity index (χ4v) is 5.66. The Balaban J connectivity index is 1.26. The lowest BCUT2D eigenvalue weighted by atomic mass is 10.1. The van der Waals surface area contributed by atoms with Crippen LogP contribution in [0.5, 0.6) is 0 Å². The van der Waals surface area contributed by atoms with Gasteiger partial charge in [0.05, 0.1) is 17.4 Å². The van der Waals surface area contributed by atoms with E-state index in [4.69, 9.17) is 11.6 Å². The number of hydrazone groups is 1. The molecule has 0 saturated heterocycles. The number of amides is 1. The number of imidazole rings is 1. The molecule has 42 heavy (non-hydrogen) atoms. The summed E-state index contributed by atoms with van der Waals surface area (Å²) in [5.41, 5.74) is 5.90. The van der Waals surface area contributed by atoms with Crippen LogP contribution in [0.3, 0.4) is 0 Å². The highest BCUT2D eigenvalue weighted by Crippen LogP contribution is 2.23. The maximum Gasteiger partial charge on any atom is 0.271 e. The summed E-state index contributed by atoms with van der Waals surface area (Å²) in [4.78, 5) is 16.7. The van der Waals surface area contributed by atoms with Gasteiger partial charge in [-0.1, -0.05) is 48.0 Å². The Labute approximate surface area is 247 Å². The molecule has 0 aliphatic rings. The van der Waals surface area contributed by atoms with Gasteiger partial charge in [-0.25, -0.2) is 23.2 Å². The summed E-state index contributed by atoms with van der Waals surface area (Å²) in [5.74, 6) is -0.822. The first-order chi connectivity index (χ1) is 20.3. The first kappa shape index (κ1) is 28.9. The molecule has 0 bridgehead atoms. The number of hydrogen-bond donors (Lipinski definition) is 1. The Bertz CT molecular complexity index is 1780. The van der Waals surface area contributed by atoms with E-state index >= 15 is 0 Å². The van der Waals surface area contributed by atoms with Crippen LogP contribution in [-0.4, -0.2) is 34.4 Å². The van der Waals surface area contributed by atoms with Gasteiger partial charge < -0.3 is 4.57 Å². The molecule has 4 aromatic carbocycles. The zero-order valence-electron chi connectivity index (χ0n) is 22.1. The summed E-state index contributed by atoms with van der Waals surface area (Å²) in [6.45, 7) is 0.0446. The molecule has 212 valence electrons. The van der Waals surface area contributed by atoms with Crippen LogP contribution in [0.2, 0.25) is 5.02 Å². The molecule has 0 atom stereocenters. The Kier molecular flexibility index (Phi) is 8.87.